The molecule has 5 nitrogen and oxygen atoms in total. The monoisotopic (exact) mass is 488 g/mol. The number of hydrogen-bond acceptors (Lipinski definition) is 5. The molecule has 0 radical (unpaired) electrons. The average Bonchev–Trinajstić information content (AvgIpc) is 2.85. The minimum absolute atomic E-state index is 0.0479. The summed E-state index contributed by atoms with van der Waals surface area (Å²) in [6, 6.07) is 14.4. The fourth-order valence-electron chi connectivity index (χ4n) is 3.38. The van der Waals surface area contributed by atoms with Gasteiger partial charge in [0, 0.05) is 0 Å². The fraction of sp³-hybridized carbons (Fsp3) is 0.500. The fourth-order valence-corrected chi connectivity index (χ4v) is 3.61. The Bertz CT molecular complexity index is 863. The zero-order chi connectivity index (χ0) is 24.8. The Morgan fingerprint density at radius 3 is 1.79 bits per heavy atom. The molecule has 2 rings (SSSR count). The highest BCUT2D eigenvalue weighted by Crippen LogP contribution is 2.26. The lowest BCUT2D eigenvalue weighted by Gasteiger charge is -2.15. The largest absolute Gasteiger partial charge is 0.513 e. The summed E-state index contributed by atoms with van der Waals surface area (Å²) < 4.78 is 15.8. The first-order valence-electron chi connectivity index (χ1n) is 12.4. The Labute approximate surface area is 208 Å². The molecule has 0 fully saturated rings. The molecular weight excluding hydrogens is 452 g/mol. The van der Waals surface area contributed by atoms with Crippen LogP contribution in [0.2, 0.25) is 0 Å². The molecule has 0 bridgehead atoms. The van der Waals surface area contributed by atoms with E-state index in [1.807, 2.05) is 38.1 Å². The second kappa shape index (κ2) is 15.4. The second-order valence-electron chi connectivity index (χ2n) is 8.58. The van der Waals surface area contributed by atoms with Gasteiger partial charge in [-0.15, -0.1) is 11.6 Å². The molecule has 0 heterocycles. The van der Waals surface area contributed by atoms with Crippen LogP contribution >= 0.6 is 11.6 Å². The lowest BCUT2D eigenvalue weighted by atomic mass is 10.0. The van der Waals surface area contributed by atoms with Gasteiger partial charge in [0.25, 0.3) is 0 Å². The van der Waals surface area contributed by atoms with Crippen LogP contribution in [-0.2, 0) is 9.53 Å². The highest BCUT2D eigenvalue weighted by atomic mass is 35.5. The van der Waals surface area contributed by atoms with Crippen LogP contribution in [0.3, 0.4) is 0 Å². The normalized spacial score (nSPS) is 12.6. The van der Waals surface area contributed by atoms with Crippen LogP contribution in [0.1, 0.15) is 72.1 Å². The van der Waals surface area contributed by atoms with Gasteiger partial charge in [0.2, 0.25) is 0 Å². The Morgan fingerprint density at radius 2 is 1.26 bits per heavy atom. The summed E-state index contributed by atoms with van der Waals surface area (Å²) in [4.78, 5) is 24.0. The molecule has 0 spiro atoms. The minimum atomic E-state index is -0.681. The topological polar surface area (TPSA) is 61.8 Å². The van der Waals surface area contributed by atoms with Crippen LogP contribution in [0.15, 0.2) is 48.5 Å². The smallest absolute Gasteiger partial charge is 0.434 e. The summed E-state index contributed by atoms with van der Waals surface area (Å²) in [6.07, 6.45) is 8.27. The quantitative estimate of drug-likeness (QED) is 0.0881. The molecule has 0 aromatic heterocycles. The maximum atomic E-state index is 12.1. The van der Waals surface area contributed by atoms with Crippen molar-refractivity contribution in [2.75, 3.05) is 6.61 Å². The maximum Gasteiger partial charge on any atom is 0.513 e. The highest BCUT2D eigenvalue weighted by molar-refractivity contribution is 6.30. The van der Waals surface area contributed by atoms with E-state index in [-0.39, 0.29) is 5.92 Å². The number of alkyl halides is 1. The van der Waals surface area contributed by atoms with Gasteiger partial charge in [-0.1, -0.05) is 90.0 Å². The summed E-state index contributed by atoms with van der Waals surface area (Å²) in [5, 5.41) is -0.667. The molecule has 0 aliphatic heterocycles. The molecule has 0 unspecified atom stereocenters. The summed E-state index contributed by atoms with van der Waals surface area (Å²) in [5.41, 5.74) is 1.88. The summed E-state index contributed by atoms with van der Waals surface area (Å²) >= 11 is 6.15. The average molecular weight is 489 g/mol. The zero-order valence-electron chi connectivity index (χ0n) is 20.6. The molecule has 0 aliphatic carbocycles. The van der Waals surface area contributed by atoms with Gasteiger partial charge >= 0.3 is 12.1 Å². The SMILES string of the molecule is CCCCCCCCCOC(=O)Oc1ccc(-c2ccc(OC(=O)[C@@H](Cl)[C@@H](C)CC)cc2)cc1. The third kappa shape index (κ3) is 9.76. The third-order valence-corrected chi connectivity index (χ3v) is 6.41. The van der Waals surface area contributed by atoms with Gasteiger partial charge < -0.3 is 14.2 Å². The van der Waals surface area contributed by atoms with Crippen LogP contribution in [-0.4, -0.2) is 24.1 Å². The van der Waals surface area contributed by atoms with Crippen molar-refractivity contribution in [1.82, 2.24) is 0 Å². The van der Waals surface area contributed by atoms with Gasteiger partial charge in [-0.05, 0) is 47.7 Å². The number of esters is 1. The van der Waals surface area contributed by atoms with Crippen molar-refractivity contribution in [1.29, 1.82) is 0 Å². The van der Waals surface area contributed by atoms with Crippen molar-refractivity contribution in [3.63, 3.8) is 0 Å². The van der Waals surface area contributed by atoms with E-state index >= 15 is 0 Å². The lowest BCUT2D eigenvalue weighted by molar-refractivity contribution is -0.134. The highest BCUT2D eigenvalue weighted by Gasteiger charge is 2.23. The molecule has 2 aromatic carbocycles. The van der Waals surface area contributed by atoms with Crippen molar-refractivity contribution >= 4 is 23.7 Å². The van der Waals surface area contributed by atoms with E-state index < -0.39 is 17.5 Å². The Balaban J connectivity index is 1.76. The van der Waals surface area contributed by atoms with E-state index in [1.54, 1.807) is 24.3 Å². The standard InChI is InChI=1S/C28H37ClO5/c1-4-6-7-8-9-10-11-20-32-28(31)34-25-18-14-23(15-19-25)22-12-16-24(17-13-22)33-27(30)26(29)21(3)5-2/h12-19,21,26H,4-11,20H2,1-3H3/t21-,26-/m0/s1. The number of benzene rings is 2. The molecule has 2 atom stereocenters. The lowest BCUT2D eigenvalue weighted by Crippen LogP contribution is -2.26. The molecule has 0 aliphatic rings. The number of ether oxygens (including phenoxy) is 3. The Morgan fingerprint density at radius 1 is 0.765 bits per heavy atom. The van der Waals surface area contributed by atoms with Crippen LogP contribution < -0.4 is 9.47 Å². The van der Waals surface area contributed by atoms with Crippen LogP contribution in [0.25, 0.3) is 11.1 Å². The predicted octanol–water partition coefficient (Wildman–Crippen LogP) is 8.18. The van der Waals surface area contributed by atoms with E-state index in [2.05, 4.69) is 6.92 Å². The van der Waals surface area contributed by atoms with Gasteiger partial charge in [0.15, 0.2) is 0 Å². The van der Waals surface area contributed by atoms with Crippen LogP contribution in [0.4, 0.5) is 4.79 Å². The number of hydrogen-bond donors (Lipinski definition) is 0. The van der Waals surface area contributed by atoms with E-state index in [0.29, 0.717) is 18.1 Å². The van der Waals surface area contributed by atoms with E-state index in [9.17, 15) is 9.59 Å². The van der Waals surface area contributed by atoms with E-state index in [1.165, 1.54) is 32.1 Å². The molecule has 6 heteroatoms. The molecular formula is C28H37ClO5. The number of carbonyl (C=O) groups excluding carboxylic acids is 2. The number of halogens is 1. The zero-order valence-corrected chi connectivity index (χ0v) is 21.3. The molecule has 0 saturated carbocycles. The maximum absolute atomic E-state index is 12.1. The number of rotatable bonds is 14. The molecule has 34 heavy (non-hydrogen) atoms. The summed E-state index contributed by atoms with van der Waals surface area (Å²) in [5.74, 6) is 0.485. The van der Waals surface area contributed by atoms with Gasteiger partial charge in [-0.3, -0.25) is 4.79 Å². The first-order valence-corrected chi connectivity index (χ1v) is 12.8. The van der Waals surface area contributed by atoms with Gasteiger partial charge in [0.1, 0.15) is 16.9 Å². The molecule has 0 amide bonds. The number of carbonyl (C=O) groups is 2. The molecule has 0 saturated heterocycles. The molecule has 2 aromatic rings. The minimum Gasteiger partial charge on any atom is -0.434 e. The van der Waals surface area contributed by atoms with E-state index in [0.717, 1.165) is 30.4 Å². The third-order valence-electron chi connectivity index (χ3n) is 5.80. The van der Waals surface area contributed by atoms with Crippen molar-refractivity contribution in [3.8, 4) is 22.6 Å². The summed E-state index contributed by atoms with van der Waals surface area (Å²) in [6.45, 7) is 6.49. The van der Waals surface area contributed by atoms with Gasteiger partial charge in [-0.25, -0.2) is 4.79 Å². The van der Waals surface area contributed by atoms with Crippen molar-refractivity contribution in [3.05, 3.63) is 48.5 Å². The van der Waals surface area contributed by atoms with E-state index in [4.69, 9.17) is 25.8 Å². The molecule has 0 N–H and O–H groups in total. The Hall–Kier alpha value is -2.53. The van der Waals surface area contributed by atoms with Crippen LogP contribution in [0.5, 0.6) is 11.5 Å². The van der Waals surface area contributed by atoms with Crippen molar-refractivity contribution in [2.24, 2.45) is 5.92 Å². The second-order valence-corrected chi connectivity index (χ2v) is 9.05. The number of unbranched alkanes of at least 4 members (excludes halogenated alkanes) is 6. The first-order chi connectivity index (χ1) is 16.4. The van der Waals surface area contributed by atoms with Crippen molar-refractivity contribution in [2.45, 2.75) is 77.5 Å². The van der Waals surface area contributed by atoms with Gasteiger partial charge in [-0.2, -0.15) is 0 Å². The predicted molar refractivity (Wildman–Crippen MR) is 137 cm³/mol. The Kier molecular flexibility index (Phi) is 12.5. The summed E-state index contributed by atoms with van der Waals surface area (Å²) in [7, 11) is 0. The van der Waals surface area contributed by atoms with Crippen LogP contribution in [0, 0.1) is 5.92 Å². The van der Waals surface area contributed by atoms with Gasteiger partial charge in [0.05, 0.1) is 6.61 Å². The van der Waals surface area contributed by atoms with Crippen molar-refractivity contribution < 1.29 is 23.8 Å². The first kappa shape index (κ1) is 27.7. The molecule has 186 valence electrons.